The Hall–Kier alpha value is -3.66. The maximum atomic E-state index is 12.5. The zero-order chi connectivity index (χ0) is 20.5. The number of amides is 2. The van der Waals surface area contributed by atoms with Crippen LogP contribution < -0.4 is 14.8 Å². The molecule has 1 aliphatic rings. The van der Waals surface area contributed by atoms with Crippen molar-refractivity contribution in [1.29, 1.82) is 0 Å². The number of imidazole rings is 1. The minimum atomic E-state index is -1.11. The van der Waals surface area contributed by atoms with Crippen LogP contribution in [-0.2, 0) is 9.59 Å². The molecule has 11 heteroatoms. The predicted molar refractivity (Wildman–Crippen MR) is 106 cm³/mol. The fourth-order valence-electron chi connectivity index (χ4n) is 2.89. The minimum absolute atomic E-state index is 0.220. The van der Waals surface area contributed by atoms with Gasteiger partial charge in [0.05, 0.1) is 42.2 Å². The third-order valence-electron chi connectivity index (χ3n) is 4.31. The number of methoxy groups -OCH3 is 2. The Balaban J connectivity index is 1.65. The molecule has 3 aromatic rings. The first kappa shape index (κ1) is 18.7. The number of ether oxygens (including phenoxy) is 2. The quantitative estimate of drug-likeness (QED) is 0.548. The van der Waals surface area contributed by atoms with Gasteiger partial charge in [0.1, 0.15) is 11.6 Å². The lowest BCUT2D eigenvalue weighted by molar-refractivity contribution is -0.128. The summed E-state index contributed by atoms with van der Waals surface area (Å²) in [5.74, 6) is -0.763. The van der Waals surface area contributed by atoms with Crippen LogP contribution in [0.1, 0.15) is 0 Å². The molecule has 2 aromatic heterocycles. The Kier molecular flexibility index (Phi) is 4.77. The summed E-state index contributed by atoms with van der Waals surface area (Å²) in [6.07, 6.45) is 3.96. The first-order valence-corrected chi connectivity index (χ1v) is 8.79. The summed E-state index contributed by atoms with van der Waals surface area (Å²) in [7, 11) is 3.08. The minimum Gasteiger partial charge on any atom is -0.493 e. The molecular formula is C18H15ClN6O4. The van der Waals surface area contributed by atoms with Crippen LogP contribution in [0.15, 0.2) is 34.4 Å². The van der Waals surface area contributed by atoms with E-state index < -0.39 is 17.7 Å². The van der Waals surface area contributed by atoms with E-state index in [2.05, 4.69) is 30.5 Å². The van der Waals surface area contributed by atoms with Gasteiger partial charge in [0, 0.05) is 18.3 Å². The molecule has 0 saturated carbocycles. The number of hydrogen-bond acceptors (Lipinski definition) is 6. The van der Waals surface area contributed by atoms with Crippen molar-refractivity contribution in [2.75, 3.05) is 19.5 Å². The van der Waals surface area contributed by atoms with Gasteiger partial charge in [-0.1, -0.05) is 11.6 Å². The molecular weight excluding hydrogens is 400 g/mol. The summed E-state index contributed by atoms with van der Waals surface area (Å²) in [6.45, 7) is 0. The van der Waals surface area contributed by atoms with Crippen molar-refractivity contribution in [3.63, 3.8) is 0 Å². The molecule has 4 rings (SSSR count). The number of benzene rings is 1. The average molecular weight is 415 g/mol. The molecule has 0 saturated heterocycles. The van der Waals surface area contributed by atoms with Gasteiger partial charge in [-0.2, -0.15) is 5.10 Å². The van der Waals surface area contributed by atoms with Gasteiger partial charge in [-0.15, -0.1) is 0 Å². The number of H-pyrrole nitrogens is 2. The number of aromatic amines is 2. The molecule has 1 aromatic carbocycles. The number of dihydropyridines is 1. The van der Waals surface area contributed by atoms with E-state index in [0.717, 1.165) is 0 Å². The normalized spacial score (nSPS) is 16.0. The maximum Gasteiger partial charge on any atom is 0.262 e. The average Bonchev–Trinajstić information content (AvgIpc) is 3.34. The monoisotopic (exact) mass is 414 g/mol. The lowest BCUT2D eigenvalue weighted by Gasteiger charge is -2.12. The van der Waals surface area contributed by atoms with E-state index in [1.807, 2.05) is 0 Å². The van der Waals surface area contributed by atoms with Crippen molar-refractivity contribution in [2.24, 2.45) is 10.9 Å². The van der Waals surface area contributed by atoms with Gasteiger partial charge in [0.15, 0.2) is 17.3 Å². The number of allylic oxidation sites excluding steroid dienone is 1. The summed E-state index contributed by atoms with van der Waals surface area (Å²) in [5.41, 5.74) is 2.13. The fourth-order valence-corrected chi connectivity index (χ4v) is 3.07. The highest BCUT2D eigenvalue weighted by molar-refractivity contribution is 6.41. The topological polar surface area (TPSA) is 134 Å². The Labute approximate surface area is 169 Å². The van der Waals surface area contributed by atoms with E-state index in [9.17, 15) is 9.59 Å². The molecule has 0 bridgehead atoms. The molecule has 1 aliphatic heterocycles. The van der Waals surface area contributed by atoms with Gasteiger partial charge < -0.3 is 19.8 Å². The second kappa shape index (κ2) is 7.40. The lowest BCUT2D eigenvalue weighted by Crippen LogP contribution is -2.29. The van der Waals surface area contributed by atoms with Crippen molar-refractivity contribution in [1.82, 2.24) is 20.2 Å². The molecule has 1 atom stereocenters. The van der Waals surface area contributed by atoms with Gasteiger partial charge in [-0.05, 0) is 6.08 Å². The van der Waals surface area contributed by atoms with Crippen LogP contribution in [0.25, 0.3) is 22.6 Å². The Morgan fingerprint density at radius 1 is 1.24 bits per heavy atom. The molecule has 10 nitrogen and oxygen atoms in total. The van der Waals surface area contributed by atoms with Crippen LogP contribution in [0.3, 0.4) is 0 Å². The van der Waals surface area contributed by atoms with E-state index >= 15 is 0 Å². The van der Waals surface area contributed by atoms with Gasteiger partial charge >= 0.3 is 0 Å². The number of anilines is 1. The molecule has 3 N–H and O–H groups in total. The highest BCUT2D eigenvalue weighted by Gasteiger charge is 2.28. The predicted octanol–water partition coefficient (Wildman–Crippen LogP) is 2.26. The molecule has 0 radical (unpaired) electrons. The molecule has 1 unspecified atom stereocenters. The smallest absolute Gasteiger partial charge is 0.262 e. The Bertz CT molecular complexity index is 1140. The fraction of sp³-hybridized carbons (Fsp3) is 0.167. The number of carbonyl (C=O) groups excluding carboxylic acids is 2. The molecule has 148 valence electrons. The van der Waals surface area contributed by atoms with Crippen molar-refractivity contribution >= 4 is 46.4 Å². The third kappa shape index (κ3) is 3.45. The maximum absolute atomic E-state index is 12.5. The van der Waals surface area contributed by atoms with Crippen LogP contribution in [-0.4, -0.2) is 52.4 Å². The van der Waals surface area contributed by atoms with Crippen LogP contribution >= 0.6 is 11.6 Å². The van der Waals surface area contributed by atoms with Gasteiger partial charge in [0.2, 0.25) is 5.91 Å². The number of halogens is 1. The Morgan fingerprint density at radius 2 is 2.00 bits per heavy atom. The number of hydrogen-bond donors (Lipinski definition) is 3. The number of carbonyl (C=O) groups is 2. The number of nitrogens with one attached hydrogen (secondary N) is 3. The Morgan fingerprint density at radius 3 is 2.76 bits per heavy atom. The lowest BCUT2D eigenvalue weighted by atomic mass is 10.1. The van der Waals surface area contributed by atoms with Crippen LogP contribution in [0.4, 0.5) is 5.69 Å². The molecule has 29 heavy (non-hydrogen) atoms. The third-order valence-corrected chi connectivity index (χ3v) is 4.53. The summed E-state index contributed by atoms with van der Waals surface area (Å²) >= 11 is 5.85. The first-order chi connectivity index (χ1) is 14.0. The van der Waals surface area contributed by atoms with E-state index in [0.29, 0.717) is 39.7 Å². The first-order valence-electron chi connectivity index (χ1n) is 8.41. The van der Waals surface area contributed by atoms with Crippen LogP contribution in [0.5, 0.6) is 11.5 Å². The number of fused-ring (bicyclic) bond motifs is 1. The SMILES string of the molecule is COc1cc2nc(-c3[nH]ncc3NC(=O)C3C=C(Cl)C=NC3=O)[nH]c2cc1OC. The van der Waals surface area contributed by atoms with E-state index in [4.69, 9.17) is 21.1 Å². The van der Waals surface area contributed by atoms with Crippen molar-refractivity contribution in [3.05, 3.63) is 29.4 Å². The highest BCUT2D eigenvalue weighted by Crippen LogP contribution is 2.33. The summed E-state index contributed by atoms with van der Waals surface area (Å²) in [5, 5.41) is 9.63. The standard InChI is InChI=1S/C18H15ClN6O4/c1-28-13-4-10-11(5-14(13)29-2)23-16(22-10)15-12(7-21-25-15)24-18(27)9-3-8(19)6-20-17(9)26/h3-7,9H,1-2H3,(H,21,25)(H,22,23)(H,24,27). The highest BCUT2D eigenvalue weighted by atomic mass is 35.5. The zero-order valence-electron chi connectivity index (χ0n) is 15.3. The van der Waals surface area contributed by atoms with Gasteiger partial charge in [-0.25, -0.2) is 9.98 Å². The van der Waals surface area contributed by atoms with E-state index in [-0.39, 0.29) is 5.03 Å². The van der Waals surface area contributed by atoms with Crippen LogP contribution in [0, 0.1) is 5.92 Å². The molecule has 3 heterocycles. The van der Waals surface area contributed by atoms with Crippen molar-refractivity contribution in [3.8, 4) is 23.0 Å². The molecule has 0 aliphatic carbocycles. The van der Waals surface area contributed by atoms with Crippen molar-refractivity contribution in [2.45, 2.75) is 0 Å². The second-order valence-electron chi connectivity index (χ2n) is 6.08. The zero-order valence-corrected chi connectivity index (χ0v) is 16.1. The number of rotatable bonds is 5. The van der Waals surface area contributed by atoms with Gasteiger partial charge in [-0.3, -0.25) is 14.7 Å². The summed E-state index contributed by atoms with van der Waals surface area (Å²) in [4.78, 5) is 35.6. The largest absolute Gasteiger partial charge is 0.493 e. The van der Waals surface area contributed by atoms with Crippen LogP contribution in [0.2, 0.25) is 0 Å². The number of nitrogens with zero attached hydrogens (tertiary/aromatic N) is 3. The summed E-state index contributed by atoms with van der Waals surface area (Å²) in [6, 6.07) is 3.49. The van der Waals surface area contributed by atoms with Crippen molar-refractivity contribution < 1.29 is 19.1 Å². The van der Waals surface area contributed by atoms with E-state index in [1.165, 1.54) is 25.6 Å². The van der Waals surface area contributed by atoms with Gasteiger partial charge in [0.25, 0.3) is 5.91 Å². The second-order valence-corrected chi connectivity index (χ2v) is 6.52. The number of aliphatic imine (C=N–C) groups is 1. The molecule has 2 amide bonds. The van der Waals surface area contributed by atoms with E-state index in [1.54, 1.807) is 19.2 Å². The molecule has 0 spiro atoms. The number of aromatic nitrogens is 4. The molecule has 0 fully saturated rings. The summed E-state index contributed by atoms with van der Waals surface area (Å²) < 4.78 is 10.6.